The van der Waals surface area contributed by atoms with Gasteiger partial charge in [-0.25, -0.2) is 58.3 Å². The first kappa shape index (κ1) is 91.1. The summed E-state index contributed by atoms with van der Waals surface area (Å²) in [5.41, 5.74) is 18.1. The molecule has 0 aliphatic heterocycles. The van der Waals surface area contributed by atoms with E-state index in [0.29, 0.717) is 95.3 Å². The molecule has 38 heteroatoms. The minimum Gasteiger partial charge on any atom is -0.382 e. The van der Waals surface area contributed by atoms with Crippen LogP contribution in [0.5, 0.6) is 0 Å². The predicted octanol–water partition coefficient (Wildman–Crippen LogP) is 18.0. The van der Waals surface area contributed by atoms with Crippen LogP contribution >= 0.6 is 0 Å². The molecule has 15 heterocycles. The summed E-state index contributed by atoms with van der Waals surface area (Å²) in [6, 6.07) is 19.7. The Morgan fingerprint density at radius 3 is 1.04 bits per heavy atom. The molecule has 1 amide bonds. The number of carbonyl (C=O) groups excluding carboxylic acids is 1. The second-order valence-corrected chi connectivity index (χ2v) is 36.6. The van der Waals surface area contributed by atoms with E-state index in [1.807, 2.05) is 103 Å². The summed E-state index contributed by atoms with van der Waals surface area (Å²) in [5.74, 6) is 5.32. The molecule has 15 aromatic heterocycles. The fourth-order valence-corrected chi connectivity index (χ4v) is 20.9. The van der Waals surface area contributed by atoms with Crippen molar-refractivity contribution in [1.29, 1.82) is 21.0 Å². The van der Waals surface area contributed by atoms with Crippen LogP contribution in [-0.2, 0) is 14.8 Å². The number of amides is 1. The SMILES string of the molecule is CC(=O)Nc1nn(C(CC#N)C2CCCC2)cc1-c1ncnc2[nH]ccc12.CCC(C1CCCC1)n1cc(-c2ncnc3[nH]ccc23)c(NS(C)(=O)=O)n1.CCN(CC)c1nn(C(CC#N)C2CCCC2)cc1-c1ncnc2[nH]ccc12.CCNc1nn(C(CC#N)C2CCCC2)cc1-c1ncnc2[nH]ccc12.N#CCC(C1CCCC1)n1cc(-c2ncnc3[nH]ccc23)c(N)n1. The highest BCUT2D eigenvalue weighted by atomic mass is 32.2. The number of nitriles is 4. The fourth-order valence-electron chi connectivity index (χ4n) is 20.4. The smallest absolute Gasteiger partial charge is 0.231 e. The number of sulfonamides is 1. The number of nitrogens with two attached hydrogens (primary N) is 1. The van der Waals surface area contributed by atoms with Crippen LogP contribution in [0.1, 0.15) is 225 Å². The van der Waals surface area contributed by atoms with Crippen molar-refractivity contribution in [3.05, 3.63) is 124 Å². The van der Waals surface area contributed by atoms with Gasteiger partial charge in [0.05, 0.1) is 143 Å². The Bertz CT molecular complexity index is 6710. The molecule has 5 unspecified atom stereocenters. The maximum absolute atomic E-state index is 11.9. The zero-order chi connectivity index (χ0) is 91.8. The maximum Gasteiger partial charge on any atom is 0.231 e. The quantitative estimate of drug-likeness (QED) is 0.0220. The zero-order valence-corrected chi connectivity index (χ0v) is 76.3. The summed E-state index contributed by atoms with van der Waals surface area (Å²) in [7, 11) is -3.46. The van der Waals surface area contributed by atoms with E-state index in [1.54, 1.807) is 18.9 Å². The van der Waals surface area contributed by atoms with Gasteiger partial charge in [0.25, 0.3) is 0 Å². The van der Waals surface area contributed by atoms with Crippen molar-refractivity contribution in [2.24, 2.45) is 29.6 Å². The van der Waals surface area contributed by atoms with Gasteiger partial charge in [-0.1, -0.05) is 71.1 Å². The highest BCUT2D eigenvalue weighted by molar-refractivity contribution is 7.92. The lowest BCUT2D eigenvalue weighted by molar-refractivity contribution is -0.114. The van der Waals surface area contributed by atoms with Crippen molar-refractivity contribution < 1.29 is 13.2 Å². The maximum atomic E-state index is 11.9. The van der Waals surface area contributed by atoms with Gasteiger partial charge in [-0.3, -0.25) is 32.9 Å². The summed E-state index contributed by atoms with van der Waals surface area (Å²) < 4.78 is 36.1. The van der Waals surface area contributed by atoms with Crippen molar-refractivity contribution in [2.75, 3.05) is 51.9 Å². The van der Waals surface area contributed by atoms with Crippen LogP contribution in [0, 0.1) is 74.9 Å². The molecule has 5 aliphatic rings. The van der Waals surface area contributed by atoms with Crippen molar-refractivity contribution in [3.63, 3.8) is 0 Å². The van der Waals surface area contributed by atoms with Gasteiger partial charge < -0.3 is 46.2 Å². The van der Waals surface area contributed by atoms with Crippen LogP contribution in [0.15, 0.2) is 124 Å². The Morgan fingerprint density at radius 1 is 0.417 bits per heavy atom. The molecule has 37 nitrogen and oxygen atoms in total. The predicted molar refractivity (Wildman–Crippen MR) is 507 cm³/mol. The van der Waals surface area contributed by atoms with Crippen LogP contribution in [0.3, 0.4) is 0 Å². The first-order chi connectivity index (χ1) is 64.5. The average molecular weight is 1800 g/mol. The molecule has 15 aromatic rings. The van der Waals surface area contributed by atoms with Crippen molar-refractivity contribution >= 4 is 100 Å². The molecule has 132 heavy (non-hydrogen) atoms. The summed E-state index contributed by atoms with van der Waals surface area (Å²) in [6.45, 7) is 12.5. The molecule has 0 radical (unpaired) electrons. The van der Waals surface area contributed by atoms with E-state index < -0.39 is 10.0 Å². The van der Waals surface area contributed by atoms with Gasteiger partial charge in [0, 0.05) is 115 Å². The number of anilines is 5. The van der Waals surface area contributed by atoms with E-state index in [1.165, 1.54) is 129 Å². The van der Waals surface area contributed by atoms with Crippen LogP contribution < -0.4 is 26.0 Å². The molecule has 5 aliphatic carbocycles. The second-order valence-electron chi connectivity index (χ2n) is 34.9. The number of nitrogen functional groups attached to an aromatic ring is 1. The fraction of sp³-hybridized carbons (Fsp3) is 0.468. The number of aromatic nitrogens is 25. The van der Waals surface area contributed by atoms with E-state index in [2.05, 4.69) is 168 Å². The van der Waals surface area contributed by atoms with Gasteiger partial charge in [-0.15, -0.1) is 0 Å². The van der Waals surface area contributed by atoms with Gasteiger partial charge in [0.15, 0.2) is 29.1 Å². The normalized spacial score (nSPS) is 16.1. The van der Waals surface area contributed by atoms with Gasteiger partial charge in [-0.05, 0) is 151 Å². The van der Waals surface area contributed by atoms with E-state index in [0.717, 1.165) is 158 Å². The van der Waals surface area contributed by atoms with Gasteiger partial charge in [0.1, 0.15) is 59.9 Å². The lowest BCUT2D eigenvalue weighted by Gasteiger charge is -2.22. The second kappa shape index (κ2) is 42.1. The van der Waals surface area contributed by atoms with E-state index in [-0.39, 0.29) is 36.1 Å². The number of H-pyrrole nitrogens is 5. The van der Waals surface area contributed by atoms with Crippen molar-refractivity contribution in [3.8, 4) is 80.6 Å². The number of aromatic amines is 5. The first-order valence-corrected chi connectivity index (χ1v) is 48.2. The average Bonchev–Trinajstić information content (AvgIpc) is 1.63. The summed E-state index contributed by atoms with van der Waals surface area (Å²) in [6.07, 6.45) is 54.6. The number of hydrogen-bond acceptors (Lipinski definition) is 25. The number of rotatable bonds is 28. The molecule has 5 fully saturated rings. The highest BCUT2D eigenvalue weighted by Gasteiger charge is 2.36. The number of nitrogens with zero attached hydrogens (tertiary/aromatic N) is 25. The Hall–Kier alpha value is -14.3. The Labute approximate surface area is 765 Å². The molecular weight excluding hydrogens is 1690 g/mol. The molecule has 20 rings (SSSR count). The van der Waals surface area contributed by atoms with Gasteiger partial charge in [-0.2, -0.15) is 46.5 Å². The Balaban J connectivity index is 0.000000120. The van der Waals surface area contributed by atoms with Crippen LogP contribution in [0.2, 0.25) is 0 Å². The Morgan fingerprint density at radius 2 is 0.705 bits per heavy atom. The standard InChI is InChI=1S/C21H27N7.C19H21N7O.C19H23N7.C18H24N6O2S.C17H19N7/c1-3-27(4-2)21-17(19-16-10-12-23-20(16)25-14-24-19)13-28(26-21)18(9-11-22)15-7-5-6-8-15;1-12(27)24-19-15(17-14-7-9-21-18(14)23-11-22-17)10-26(25-19)16(6-8-20)13-4-2-3-5-13;1-2-21-19-15(17-14-8-10-22-18(14)24-12-23-17)11-26(25-19)16(7-9-20)13-5-3-4-6-13;1-3-15(12-6-4-5-7-12)24-10-14(18(22-24)23-27(2,25)26)16-13-8-9-19-17(13)21-11-20-16;18-7-5-14(11-3-1-2-4-11)24-9-13(16(19)23-24)15-12-6-8-20-17(12)22-10-21-15/h10,12-15,18H,3-9H2,1-2H3,(H,23,24,25);7,9-11,13,16H,2-6H2,1H3,(H,21,22,23)(H,24,25,27);8,10-13,16H,2-7H2,1H3,(H,21,25)(H,22,23,24);8-12,15H,3-7H2,1-2H3,(H,22,23)(H,19,20,21);6,8-11,14H,1-5H2,(H2,19,23)(H,20,21,22). The molecule has 0 bridgehead atoms. The first-order valence-electron chi connectivity index (χ1n) is 46.3. The topological polar surface area (TPSA) is 509 Å². The molecule has 0 saturated heterocycles. The monoisotopic (exact) mass is 1800 g/mol. The lowest BCUT2D eigenvalue weighted by atomic mass is 9.96. The molecule has 5 atom stereocenters. The van der Waals surface area contributed by atoms with E-state index in [9.17, 15) is 34.3 Å². The number of fused-ring (bicyclic) bond motifs is 5. The molecule has 0 aromatic carbocycles. The Kier molecular flexibility index (Phi) is 29.0. The van der Waals surface area contributed by atoms with E-state index in [4.69, 9.17) is 15.9 Å². The minimum absolute atomic E-state index is 0.00214. The summed E-state index contributed by atoms with van der Waals surface area (Å²) in [5, 5.41) is 71.7. The number of carbonyl (C=O) groups is 1. The molecule has 684 valence electrons. The number of nitrogens with one attached hydrogen (secondary N) is 8. The molecular formula is C94H114N34O3S. The third-order valence-electron chi connectivity index (χ3n) is 26.7. The van der Waals surface area contributed by atoms with Crippen LogP contribution in [0.25, 0.3) is 111 Å². The third kappa shape index (κ3) is 20.2. The van der Waals surface area contributed by atoms with Crippen molar-refractivity contribution in [2.45, 2.75) is 225 Å². The molecule has 5 saturated carbocycles. The highest BCUT2D eigenvalue weighted by Crippen LogP contribution is 2.46. The van der Waals surface area contributed by atoms with Crippen molar-refractivity contribution in [1.82, 2.24) is 124 Å². The summed E-state index contributed by atoms with van der Waals surface area (Å²) in [4.78, 5) is 73.1. The minimum atomic E-state index is -3.46. The van der Waals surface area contributed by atoms with Crippen LogP contribution in [-0.4, -0.2) is 164 Å². The van der Waals surface area contributed by atoms with E-state index >= 15 is 0 Å². The van der Waals surface area contributed by atoms with Crippen LogP contribution in [0.4, 0.5) is 29.1 Å². The molecule has 10 N–H and O–H groups in total. The largest absolute Gasteiger partial charge is 0.382 e. The lowest BCUT2D eigenvalue weighted by Crippen LogP contribution is -2.24. The van der Waals surface area contributed by atoms with Gasteiger partial charge >= 0.3 is 0 Å². The number of hydrogen-bond donors (Lipinski definition) is 9. The molecule has 0 spiro atoms. The summed E-state index contributed by atoms with van der Waals surface area (Å²) >= 11 is 0. The third-order valence-corrected chi connectivity index (χ3v) is 27.3. The zero-order valence-electron chi connectivity index (χ0n) is 75.5. The van der Waals surface area contributed by atoms with Gasteiger partial charge in [0.2, 0.25) is 15.9 Å².